The van der Waals surface area contributed by atoms with Crippen LogP contribution in [0.3, 0.4) is 0 Å². The molecule has 1 N–H and O–H groups in total. The third kappa shape index (κ3) is 3.24. The standard InChI is InChI=1S/C9H16N2O3/c1-2-14-8(12)4-7-11-6-3-5-10-9(11)13/h2-7H2,1H3,(H,10,13). The number of hydrogen-bond donors (Lipinski definition) is 1. The minimum atomic E-state index is -0.245. The molecule has 80 valence electrons. The molecule has 0 saturated carbocycles. The topological polar surface area (TPSA) is 58.6 Å². The first-order chi connectivity index (χ1) is 6.74. The second-order valence-electron chi connectivity index (χ2n) is 3.13. The van der Waals surface area contributed by atoms with Gasteiger partial charge >= 0.3 is 12.0 Å². The Morgan fingerprint density at radius 1 is 1.64 bits per heavy atom. The van der Waals surface area contributed by atoms with Gasteiger partial charge in [-0.1, -0.05) is 0 Å². The van der Waals surface area contributed by atoms with Crippen LogP contribution < -0.4 is 5.32 Å². The van der Waals surface area contributed by atoms with E-state index in [9.17, 15) is 9.59 Å². The van der Waals surface area contributed by atoms with Gasteiger partial charge in [0, 0.05) is 19.6 Å². The summed E-state index contributed by atoms with van der Waals surface area (Å²) in [4.78, 5) is 23.9. The maximum Gasteiger partial charge on any atom is 0.317 e. The van der Waals surface area contributed by atoms with Gasteiger partial charge in [0.15, 0.2) is 0 Å². The summed E-state index contributed by atoms with van der Waals surface area (Å²) < 4.78 is 4.77. The number of hydrogen-bond acceptors (Lipinski definition) is 3. The highest BCUT2D eigenvalue weighted by molar-refractivity contribution is 5.76. The van der Waals surface area contributed by atoms with Crippen molar-refractivity contribution < 1.29 is 14.3 Å². The number of carbonyl (C=O) groups is 2. The van der Waals surface area contributed by atoms with Gasteiger partial charge in [-0.05, 0) is 13.3 Å². The SMILES string of the molecule is CCOC(=O)CCN1CCCNC1=O. The maximum absolute atomic E-state index is 11.2. The van der Waals surface area contributed by atoms with Crippen molar-refractivity contribution in [3.63, 3.8) is 0 Å². The summed E-state index contributed by atoms with van der Waals surface area (Å²) in [6.45, 7) is 4.07. The lowest BCUT2D eigenvalue weighted by molar-refractivity contribution is -0.143. The summed E-state index contributed by atoms with van der Waals surface area (Å²) in [7, 11) is 0. The molecule has 0 spiro atoms. The van der Waals surface area contributed by atoms with Gasteiger partial charge in [-0.2, -0.15) is 0 Å². The zero-order valence-corrected chi connectivity index (χ0v) is 8.41. The Hall–Kier alpha value is -1.26. The van der Waals surface area contributed by atoms with Crippen molar-refractivity contribution in [3.05, 3.63) is 0 Å². The fourth-order valence-corrected chi connectivity index (χ4v) is 1.35. The van der Waals surface area contributed by atoms with Gasteiger partial charge in [0.2, 0.25) is 0 Å². The highest BCUT2D eigenvalue weighted by atomic mass is 16.5. The van der Waals surface area contributed by atoms with E-state index >= 15 is 0 Å². The minimum absolute atomic E-state index is 0.0828. The Morgan fingerprint density at radius 3 is 3.07 bits per heavy atom. The molecule has 0 radical (unpaired) electrons. The summed E-state index contributed by atoms with van der Waals surface area (Å²) >= 11 is 0. The summed E-state index contributed by atoms with van der Waals surface area (Å²) in [6, 6.07) is -0.0828. The predicted molar refractivity (Wildman–Crippen MR) is 50.8 cm³/mol. The van der Waals surface area contributed by atoms with Crippen molar-refractivity contribution >= 4 is 12.0 Å². The van der Waals surface area contributed by atoms with E-state index < -0.39 is 0 Å². The fraction of sp³-hybridized carbons (Fsp3) is 0.778. The number of nitrogens with one attached hydrogen (secondary N) is 1. The van der Waals surface area contributed by atoms with Crippen LogP contribution in [-0.4, -0.2) is 43.1 Å². The van der Waals surface area contributed by atoms with Crippen molar-refractivity contribution in [2.24, 2.45) is 0 Å². The average molecular weight is 200 g/mol. The lowest BCUT2D eigenvalue weighted by atomic mass is 10.3. The van der Waals surface area contributed by atoms with E-state index in [-0.39, 0.29) is 18.4 Å². The fourth-order valence-electron chi connectivity index (χ4n) is 1.35. The maximum atomic E-state index is 11.2. The van der Waals surface area contributed by atoms with Gasteiger partial charge in [0.1, 0.15) is 0 Å². The molecule has 0 aromatic heterocycles. The molecule has 2 amide bonds. The number of esters is 1. The first kappa shape index (κ1) is 10.8. The molecule has 1 fully saturated rings. The average Bonchev–Trinajstić information content (AvgIpc) is 2.17. The zero-order chi connectivity index (χ0) is 10.4. The van der Waals surface area contributed by atoms with Crippen LogP contribution in [0.15, 0.2) is 0 Å². The van der Waals surface area contributed by atoms with Crippen LogP contribution in [0.5, 0.6) is 0 Å². The van der Waals surface area contributed by atoms with Crippen LogP contribution in [0.1, 0.15) is 19.8 Å². The monoisotopic (exact) mass is 200 g/mol. The van der Waals surface area contributed by atoms with Crippen molar-refractivity contribution in [1.82, 2.24) is 10.2 Å². The highest BCUT2D eigenvalue weighted by Gasteiger charge is 2.17. The second kappa shape index (κ2) is 5.47. The third-order valence-electron chi connectivity index (χ3n) is 2.06. The molecule has 5 nitrogen and oxygen atoms in total. The highest BCUT2D eigenvalue weighted by Crippen LogP contribution is 2.00. The van der Waals surface area contributed by atoms with E-state index in [1.165, 1.54) is 0 Å². The molecule has 0 aromatic carbocycles. The van der Waals surface area contributed by atoms with Crippen molar-refractivity contribution in [2.45, 2.75) is 19.8 Å². The Kier molecular flexibility index (Phi) is 4.22. The van der Waals surface area contributed by atoms with Gasteiger partial charge < -0.3 is 15.0 Å². The summed E-state index contributed by atoms with van der Waals surface area (Å²) in [5, 5.41) is 2.72. The number of amides is 2. The van der Waals surface area contributed by atoms with Crippen molar-refractivity contribution in [1.29, 1.82) is 0 Å². The van der Waals surface area contributed by atoms with Crippen LogP contribution in [0.25, 0.3) is 0 Å². The van der Waals surface area contributed by atoms with E-state index in [0.717, 1.165) is 19.5 Å². The first-order valence-electron chi connectivity index (χ1n) is 4.92. The summed E-state index contributed by atoms with van der Waals surface area (Å²) in [5.74, 6) is -0.245. The molecule has 5 heteroatoms. The van der Waals surface area contributed by atoms with Crippen LogP contribution in [-0.2, 0) is 9.53 Å². The Labute approximate surface area is 83.4 Å². The van der Waals surface area contributed by atoms with Crippen LogP contribution >= 0.6 is 0 Å². The molecule has 0 unspecified atom stereocenters. The lowest BCUT2D eigenvalue weighted by Crippen LogP contribution is -2.47. The summed E-state index contributed by atoms with van der Waals surface area (Å²) in [5.41, 5.74) is 0. The molecule has 1 aliphatic rings. The van der Waals surface area contributed by atoms with E-state index in [1.54, 1.807) is 11.8 Å². The molecule has 0 bridgehead atoms. The molecule has 1 saturated heterocycles. The largest absolute Gasteiger partial charge is 0.466 e. The Balaban J connectivity index is 2.22. The zero-order valence-electron chi connectivity index (χ0n) is 8.41. The van der Waals surface area contributed by atoms with Gasteiger partial charge in [-0.15, -0.1) is 0 Å². The number of urea groups is 1. The molecular formula is C9H16N2O3. The Morgan fingerprint density at radius 2 is 2.43 bits per heavy atom. The first-order valence-corrected chi connectivity index (χ1v) is 4.92. The Bertz CT molecular complexity index is 218. The van der Waals surface area contributed by atoms with Gasteiger partial charge in [-0.25, -0.2) is 4.79 Å². The molecular weight excluding hydrogens is 184 g/mol. The molecule has 1 rings (SSSR count). The predicted octanol–water partition coefficient (Wildman–Crippen LogP) is 0.355. The minimum Gasteiger partial charge on any atom is -0.466 e. The molecule has 0 atom stereocenters. The molecule has 1 aliphatic heterocycles. The van der Waals surface area contributed by atoms with Crippen molar-refractivity contribution in [3.8, 4) is 0 Å². The number of ether oxygens (including phenoxy) is 1. The lowest BCUT2D eigenvalue weighted by Gasteiger charge is -2.26. The smallest absolute Gasteiger partial charge is 0.317 e. The van der Waals surface area contributed by atoms with E-state index in [2.05, 4.69) is 5.32 Å². The number of carbonyl (C=O) groups excluding carboxylic acids is 2. The molecule has 0 aliphatic carbocycles. The van der Waals surface area contributed by atoms with Crippen LogP contribution in [0.2, 0.25) is 0 Å². The molecule has 14 heavy (non-hydrogen) atoms. The van der Waals surface area contributed by atoms with E-state index in [1.807, 2.05) is 0 Å². The quantitative estimate of drug-likeness (QED) is 0.666. The third-order valence-corrected chi connectivity index (χ3v) is 2.06. The number of nitrogens with zero attached hydrogens (tertiary/aromatic N) is 1. The molecule has 1 heterocycles. The van der Waals surface area contributed by atoms with Crippen molar-refractivity contribution in [2.75, 3.05) is 26.2 Å². The second-order valence-corrected chi connectivity index (χ2v) is 3.13. The number of rotatable bonds is 4. The van der Waals surface area contributed by atoms with Gasteiger partial charge in [-0.3, -0.25) is 4.79 Å². The van der Waals surface area contributed by atoms with Gasteiger partial charge in [0.25, 0.3) is 0 Å². The van der Waals surface area contributed by atoms with E-state index in [4.69, 9.17) is 4.74 Å². The summed E-state index contributed by atoms with van der Waals surface area (Å²) in [6.07, 6.45) is 1.22. The van der Waals surface area contributed by atoms with Crippen LogP contribution in [0, 0.1) is 0 Å². The van der Waals surface area contributed by atoms with Crippen LogP contribution in [0.4, 0.5) is 4.79 Å². The molecule has 0 aromatic rings. The van der Waals surface area contributed by atoms with Gasteiger partial charge in [0.05, 0.1) is 13.0 Å². The van der Waals surface area contributed by atoms with E-state index in [0.29, 0.717) is 13.2 Å². The normalized spacial score (nSPS) is 16.4.